The van der Waals surface area contributed by atoms with Crippen molar-refractivity contribution in [2.45, 2.75) is 97.4 Å². The van der Waals surface area contributed by atoms with Gasteiger partial charge in [-0.2, -0.15) is 0 Å². The van der Waals surface area contributed by atoms with Gasteiger partial charge in [0.1, 0.15) is 0 Å². The smallest absolute Gasteiger partial charge is 0.308 e. The van der Waals surface area contributed by atoms with Crippen LogP contribution in [0.4, 0.5) is 0 Å². The molecule has 0 bridgehead atoms. The summed E-state index contributed by atoms with van der Waals surface area (Å²) in [6, 6.07) is 0. The molecule has 190 valence electrons. The summed E-state index contributed by atoms with van der Waals surface area (Å²) >= 11 is 0. The van der Waals surface area contributed by atoms with Crippen LogP contribution in [0.5, 0.6) is 0 Å². The van der Waals surface area contributed by atoms with Crippen LogP contribution in [0.1, 0.15) is 79.1 Å². The SMILES string of the molecule is CC[C@H]1[C@@H](O)C2C3CC[C@H]([C@H](C)C[C@H](CO)C(=O)O)[C@@]3(C)[C@@H](O)CC2[C@@]2(C)CC[C@@H](O)C[C@@H]12. The molecular weight excluding hydrogens is 420 g/mol. The third-order valence-electron chi connectivity index (χ3n) is 11.5. The van der Waals surface area contributed by atoms with Crippen LogP contribution in [0, 0.1) is 58.2 Å². The van der Waals surface area contributed by atoms with Crippen molar-refractivity contribution >= 4 is 5.97 Å². The van der Waals surface area contributed by atoms with Crippen molar-refractivity contribution < 1.29 is 30.3 Å². The molecule has 0 saturated heterocycles. The maximum atomic E-state index is 11.8. The highest BCUT2D eigenvalue weighted by atomic mass is 16.4. The van der Waals surface area contributed by atoms with Gasteiger partial charge in [0.2, 0.25) is 0 Å². The summed E-state index contributed by atoms with van der Waals surface area (Å²) in [4.78, 5) is 11.5. The van der Waals surface area contributed by atoms with Gasteiger partial charge < -0.3 is 25.5 Å². The van der Waals surface area contributed by atoms with Gasteiger partial charge in [-0.3, -0.25) is 4.79 Å². The number of aliphatic carboxylic acids is 1. The molecule has 4 aliphatic carbocycles. The van der Waals surface area contributed by atoms with Crippen LogP contribution in [0.3, 0.4) is 0 Å². The lowest BCUT2D eigenvalue weighted by Crippen LogP contribution is -2.65. The number of carbonyl (C=O) groups is 1. The predicted octanol–water partition coefficient (Wildman–Crippen LogP) is 3.30. The molecule has 0 spiro atoms. The number of hydrogen-bond acceptors (Lipinski definition) is 5. The number of carboxylic acids is 1. The molecule has 4 fully saturated rings. The van der Waals surface area contributed by atoms with Crippen LogP contribution >= 0.6 is 0 Å². The van der Waals surface area contributed by atoms with Crippen molar-refractivity contribution in [2.24, 2.45) is 58.2 Å². The third-order valence-corrected chi connectivity index (χ3v) is 11.5. The van der Waals surface area contributed by atoms with Crippen molar-refractivity contribution in [3.05, 3.63) is 0 Å². The Morgan fingerprint density at radius 1 is 1.03 bits per heavy atom. The molecule has 0 amide bonds. The van der Waals surface area contributed by atoms with Crippen molar-refractivity contribution in [3.63, 3.8) is 0 Å². The van der Waals surface area contributed by atoms with Crippen molar-refractivity contribution in [1.82, 2.24) is 0 Å². The summed E-state index contributed by atoms with van der Waals surface area (Å²) in [5, 5.41) is 52.9. The van der Waals surface area contributed by atoms with Gasteiger partial charge in [0.05, 0.1) is 30.8 Å². The largest absolute Gasteiger partial charge is 0.481 e. The molecule has 6 heteroatoms. The Hall–Kier alpha value is -0.690. The Morgan fingerprint density at radius 3 is 2.33 bits per heavy atom. The lowest BCUT2D eigenvalue weighted by molar-refractivity contribution is -0.228. The van der Waals surface area contributed by atoms with Crippen molar-refractivity contribution in [1.29, 1.82) is 0 Å². The summed E-state index contributed by atoms with van der Waals surface area (Å²) in [5.74, 6) is -0.402. The number of carboxylic acid groups (broad SMARTS) is 1. The van der Waals surface area contributed by atoms with Crippen LogP contribution in [-0.4, -0.2) is 56.4 Å². The van der Waals surface area contributed by atoms with E-state index in [1.165, 1.54) is 0 Å². The van der Waals surface area contributed by atoms with Crippen LogP contribution in [0.2, 0.25) is 0 Å². The van der Waals surface area contributed by atoms with Gasteiger partial charge in [0.15, 0.2) is 0 Å². The number of rotatable bonds is 6. The predicted molar refractivity (Wildman–Crippen MR) is 125 cm³/mol. The molecule has 0 aromatic rings. The third kappa shape index (κ3) is 3.78. The van der Waals surface area contributed by atoms with Crippen LogP contribution in [-0.2, 0) is 4.79 Å². The van der Waals surface area contributed by atoms with Crippen LogP contribution in [0.25, 0.3) is 0 Å². The standard InChI is InChI=1S/C27H46O6/c1-5-17-20-11-16(29)8-9-26(20,3)21-12-22(30)27(4)18(6-7-19(27)23(21)24(17)31)14(2)10-15(13-28)25(32)33/h14-24,28-31H,5-13H2,1-4H3,(H,32,33)/t14-,15-,16-,17-,18-,19?,20+,21?,22+,23?,24-,26+,27-/m1/s1. The van der Waals surface area contributed by atoms with Crippen LogP contribution < -0.4 is 0 Å². The average Bonchev–Trinajstić information content (AvgIpc) is 3.12. The van der Waals surface area contributed by atoms with Gasteiger partial charge in [0, 0.05) is 0 Å². The van der Waals surface area contributed by atoms with E-state index in [0.29, 0.717) is 12.8 Å². The number of aliphatic hydroxyl groups excluding tert-OH is 4. The molecule has 6 nitrogen and oxygen atoms in total. The van der Waals surface area contributed by atoms with E-state index in [1.54, 1.807) is 0 Å². The van der Waals surface area contributed by atoms with E-state index in [1.807, 2.05) is 0 Å². The highest BCUT2D eigenvalue weighted by molar-refractivity contribution is 5.70. The highest BCUT2D eigenvalue weighted by Crippen LogP contribution is 2.69. The fourth-order valence-corrected chi connectivity index (χ4v) is 9.76. The molecule has 4 saturated carbocycles. The summed E-state index contributed by atoms with van der Waals surface area (Å²) in [6.45, 7) is 8.43. The summed E-state index contributed by atoms with van der Waals surface area (Å²) in [5.41, 5.74) is -0.323. The molecule has 4 rings (SSSR count). The summed E-state index contributed by atoms with van der Waals surface area (Å²) in [7, 11) is 0. The van der Waals surface area contributed by atoms with Gasteiger partial charge in [-0.15, -0.1) is 0 Å². The molecule has 0 heterocycles. The first-order chi connectivity index (χ1) is 15.5. The van der Waals surface area contributed by atoms with Gasteiger partial charge >= 0.3 is 5.97 Å². The first-order valence-electron chi connectivity index (χ1n) is 13.4. The van der Waals surface area contributed by atoms with E-state index in [9.17, 15) is 30.3 Å². The Balaban J connectivity index is 1.65. The van der Waals surface area contributed by atoms with Gasteiger partial charge in [0.25, 0.3) is 0 Å². The Labute approximate surface area is 198 Å². The minimum atomic E-state index is -0.958. The maximum absolute atomic E-state index is 11.8. The fraction of sp³-hybridized carbons (Fsp3) is 0.963. The number of hydrogen-bond donors (Lipinski definition) is 5. The fourth-order valence-electron chi connectivity index (χ4n) is 9.76. The van der Waals surface area contributed by atoms with E-state index in [4.69, 9.17) is 0 Å². The normalized spacial score (nSPS) is 51.2. The first kappa shape index (κ1) is 25.4. The zero-order chi connectivity index (χ0) is 24.3. The second-order valence-corrected chi connectivity index (χ2v) is 12.6. The molecule has 3 unspecified atom stereocenters. The first-order valence-corrected chi connectivity index (χ1v) is 13.4. The minimum Gasteiger partial charge on any atom is -0.481 e. The van der Waals surface area contributed by atoms with Crippen LogP contribution in [0.15, 0.2) is 0 Å². The van der Waals surface area contributed by atoms with E-state index < -0.39 is 24.1 Å². The molecule has 13 atom stereocenters. The summed E-state index contributed by atoms with van der Waals surface area (Å²) in [6.07, 6.45) is 5.21. The Morgan fingerprint density at radius 2 is 1.73 bits per heavy atom. The molecule has 0 aromatic carbocycles. The van der Waals surface area contributed by atoms with Gasteiger partial charge in [-0.25, -0.2) is 0 Å². The summed E-state index contributed by atoms with van der Waals surface area (Å²) < 4.78 is 0. The molecule has 0 aliphatic heterocycles. The second kappa shape index (κ2) is 9.07. The van der Waals surface area contributed by atoms with E-state index in [-0.39, 0.29) is 65.0 Å². The average molecular weight is 467 g/mol. The molecule has 33 heavy (non-hydrogen) atoms. The van der Waals surface area contributed by atoms with E-state index >= 15 is 0 Å². The number of fused-ring (bicyclic) bond motifs is 5. The highest BCUT2D eigenvalue weighted by Gasteiger charge is 2.67. The lowest BCUT2D eigenvalue weighted by atomic mass is 9.41. The Bertz CT molecular complexity index is 727. The number of aliphatic hydroxyl groups is 4. The lowest BCUT2D eigenvalue weighted by Gasteiger charge is -2.65. The molecule has 4 aliphatic rings. The molecule has 0 radical (unpaired) electrons. The topological polar surface area (TPSA) is 118 Å². The van der Waals surface area contributed by atoms with Crippen molar-refractivity contribution in [3.8, 4) is 0 Å². The second-order valence-electron chi connectivity index (χ2n) is 12.6. The zero-order valence-electron chi connectivity index (χ0n) is 20.9. The van der Waals surface area contributed by atoms with E-state index in [2.05, 4.69) is 27.7 Å². The Kier molecular flexibility index (Phi) is 6.98. The minimum absolute atomic E-state index is 0.0289. The monoisotopic (exact) mass is 466 g/mol. The van der Waals surface area contributed by atoms with Crippen molar-refractivity contribution in [2.75, 3.05) is 6.61 Å². The van der Waals surface area contributed by atoms with E-state index in [0.717, 1.165) is 38.5 Å². The molecular formula is C27H46O6. The molecule has 5 N–H and O–H groups in total. The molecule has 0 aromatic heterocycles. The maximum Gasteiger partial charge on any atom is 0.308 e. The van der Waals surface area contributed by atoms with Gasteiger partial charge in [-0.05, 0) is 97.2 Å². The zero-order valence-corrected chi connectivity index (χ0v) is 20.9. The quantitative estimate of drug-likeness (QED) is 0.410. The van der Waals surface area contributed by atoms with Gasteiger partial charge in [-0.1, -0.05) is 34.1 Å².